The van der Waals surface area contributed by atoms with Gasteiger partial charge in [0.25, 0.3) is 11.6 Å². The minimum Gasteiger partial charge on any atom is -0.461 e. The number of hydrogen-bond donors (Lipinski definition) is 2. The van der Waals surface area contributed by atoms with Gasteiger partial charge in [-0.3, -0.25) is 19.7 Å². The number of rotatable bonds is 7. The zero-order chi connectivity index (χ0) is 33.0. The molecule has 0 fully saturated rings. The van der Waals surface area contributed by atoms with Crippen molar-refractivity contribution in [3.63, 3.8) is 0 Å². The number of carbonyl (C=O) groups is 3. The minimum absolute atomic E-state index is 0.0101. The summed E-state index contributed by atoms with van der Waals surface area (Å²) in [6.07, 6.45) is 2.48. The molecule has 7 rings (SSSR count). The molecule has 0 saturated carbocycles. The lowest BCUT2D eigenvalue weighted by Crippen LogP contribution is -2.29. The number of amides is 1. The SMILES string of the molecule is CC(C)(C)OC(=O)C1CCc2c1ccc1[nH]c(C(=O)N3CCc4c3ccc3[nH]c(C(=O)OCCc5ccc([N+](=O)[O-])cc5)cc43)cc21. The summed E-state index contributed by atoms with van der Waals surface area (Å²) in [6.45, 7) is 6.23. The zero-order valence-electron chi connectivity index (χ0n) is 26.3. The van der Waals surface area contributed by atoms with E-state index in [1.165, 1.54) is 12.1 Å². The lowest BCUT2D eigenvalue weighted by Gasteiger charge is -2.22. The lowest BCUT2D eigenvalue weighted by molar-refractivity contribution is -0.384. The first-order chi connectivity index (χ1) is 22.5. The molecule has 2 aliphatic rings. The molecule has 0 spiro atoms. The molecule has 1 amide bonds. The third-order valence-electron chi connectivity index (χ3n) is 8.93. The number of nitro groups is 1. The van der Waals surface area contributed by atoms with E-state index in [4.69, 9.17) is 9.47 Å². The first kappa shape index (κ1) is 30.2. The Bertz CT molecular complexity index is 2080. The summed E-state index contributed by atoms with van der Waals surface area (Å²) in [5.41, 5.74) is 6.54. The van der Waals surface area contributed by atoms with Gasteiger partial charge < -0.3 is 24.3 Å². The number of fused-ring (bicyclic) bond motifs is 6. The van der Waals surface area contributed by atoms with Crippen molar-refractivity contribution in [1.29, 1.82) is 0 Å². The maximum atomic E-state index is 13.9. The van der Waals surface area contributed by atoms with Crippen LogP contribution in [0.4, 0.5) is 11.4 Å². The number of aromatic amines is 2. The zero-order valence-corrected chi connectivity index (χ0v) is 26.3. The Labute approximate surface area is 270 Å². The number of nitro benzene ring substituents is 1. The number of H-pyrrole nitrogens is 2. The molecule has 11 heteroatoms. The molecule has 1 unspecified atom stereocenters. The molecule has 3 heterocycles. The molecule has 0 saturated heterocycles. The van der Waals surface area contributed by atoms with E-state index < -0.39 is 16.5 Å². The quantitative estimate of drug-likeness (QED) is 0.117. The van der Waals surface area contributed by atoms with Gasteiger partial charge in [0.1, 0.15) is 17.0 Å². The van der Waals surface area contributed by atoms with Crippen molar-refractivity contribution in [2.45, 2.75) is 58.0 Å². The number of carbonyl (C=O) groups excluding carboxylic acids is 3. The summed E-state index contributed by atoms with van der Waals surface area (Å²) in [5, 5.41) is 12.7. The van der Waals surface area contributed by atoms with Crippen LogP contribution in [0, 0.1) is 10.1 Å². The highest BCUT2D eigenvalue weighted by Gasteiger charge is 2.34. The number of aromatic nitrogens is 2. The van der Waals surface area contributed by atoms with Crippen LogP contribution < -0.4 is 4.90 Å². The summed E-state index contributed by atoms with van der Waals surface area (Å²) in [5.74, 6) is -1.17. The lowest BCUT2D eigenvalue weighted by atomic mass is 9.99. The number of non-ortho nitro benzene ring substituents is 1. The average Bonchev–Trinajstić information content (AvgIpc) is 3.82. The fourth-order valence-corrected chi connectivity index (χ4v) is 6.77. The van der Waals surface area contributed by atoms with E-state index in [0.29, 0.717) is 37.2 Å². The fourth-order valence-electron chi connectivity index (χ4n) is 6.77. The van der Waals surface area contributed by atoms with Crippen LogP contribution in [0.15, 0.2) is 60.7 Å². The standard InChI is InChI=1S/C36H34N4O7/c1-36(2,3)47-34(42)25-9-8-23-22(25)10-11-28-26(23)18-30(37-28)33(41)39-16-14-24-27-19-31(38-29(27)12-13-32(24)39)35(43)46-17-15-20-4-6-21(7-5-20)40(44)45/h4-7,10-13,18-19,25,37-38H,8-9,14-17H2,1-3H3. The second-order valence-electron chi connectivity index (χ2n) is 13.1. The van der Waals surface area contributed by atoms with Gasteiger partial charge in [-0.15, -0.1) is 0 Å². The van der Waals surface area contributed by atoms with Gasteiger partial charge in [-0.2, -0.15) is 0 Å². The molecule has 0 bridgehead atoms. The molecule has 0 radical (unpaired) electrons. The first-order valence-corrected chi connectivity index (χ1v) is 15.7. The Balaban J connectivity index is 1.06. The van der Waals surface area contributed by atoms with Crippen molar-refractivity contribution in [2.24, 2.45) is 0 Å². The molecule has 5 aromatic rings. The second kappa shape index (κ2) is 11.4. The number of nitrogens with zero attached hydrogens (tertiary/aromatic N) is 2. The Morgan fingerprint density at radius 3 is 2.32 bits per heavy atom. The van der Waals surface area contributed by atoms with Gasteiger partial charge in [-0.05, 0) is 92.6 Å². The number of hydrogen-bond acceptors (Lipinski definition) is 7. The van der Waals surface area contributed by atoms with Crippen molar-refractivity contribution in [3.05, 3.63) is 104 Å². The Hall–Kier alpha value is -5.45. The number of esters is 2. The van der Waals surface area contributed by atoms with Crippen molar-refractivity contribution in [3.8, 4) is 0 Å². The van der Waals surface area contributed by atoms with Crippen molar-refractivity contribution >= 4 is 51.0 Å². The first-order valence-electron chi connectivity index (χ1n) is 15.7. The summed E-state index contributed by atoms with van der Waals surface area (Å²) < 4.78 is 11.1. The van der Waals surface area contributed by atoms with Gasteiger partial charge in [-0.1, -0.05) is 18.2 Å². The van der Waals surface area contributed by atoms with Crippen LogP contribution in [0.3, 0.4) is 0 Å². The van der Waals surface area contributed by atoms with Crippen LogP contribution in [0.5, 0.6) is 0 Å². The van der Waals surface area contributed by atoms with Gasteiger partial charge in [0.2, 0.25) is 0 Å². The normalized spacial score (nSPS) is 15.6. The third-order valence-corrected chi connectivity index (χ3v) is 8.93. The summed E-state index contributed by atoms with van der Waals surface area (Å²) >= 11 is 0. The highest BCUT2D eigenvalue weighted by molar-refractivity contribution is 6.11. The van der Waals surface area contributed by atoms with E-state index in [9.17, 15) is 24.5 Å². The van der Waals surface area contributed by atoms with Crippen molar-refractivity contribution in [1.82, 2.24) is 9.97 Å². The van der Waals surface area contributed by atoms with Crippen LogP contribution in [0.1, 0.15) is 76.3 Å². The highest BCUT2D eigenvalue weighted by atomic mass is 16.6. The van der Waals surface area contributed by atoms with Crippen LogP contribution in [-0.4, -0.2) is 51.5 Å². The largest absolute Gasteiger partial charge is 0.461 e. The third kappa shape index (κ3) is 5.62. The van der Waals surface area contributed by atoms with E-state index in [0.717, 1.165) is 56.2 Å². The van der Waals surface area contributed by atoms with Gasteiger partial charge in [-0.25, -0.2) is 4.79 Å². The van der Waals surface area contributed by atoms with Crippen molar-refractivity contribution < 1.29 is 28.8 Å². The molecule has 47 heavy (non-hydrogen) atoms. The van der Waals surface area contributed by atoms with Gasteiger partial charge in [0, 0.05) is 52.6 Å². The van der Waals surface area contributed by atoms with E-state index in [2.05, 4.69) is 9.97 Å². The van der Waals surface area contributed by atoms with E-state index in [1.807, 2.05) is 51.1 Å². The molecule has 2 aromatic heterocycles. The molecule has 1 atom stereocenters. The predicted molar refractivity (Wildman–Crippen MR) is 176 cm³/mol. The van der Waals surface area contributed by atoms with E-state index in [-0.39, 0.29) is 30.1 Å². The van der Waals surface area contributed by atoms with E-state index >= 15 is 0 Å². The maximum Gasteiger partial charge on any atom is 0.354 e. The Kier molecular flexibility index (Phi) is 7.34. The number of aryl methyl sites for hydroxylation is 1. The molecule has 3 aromatic carbocycles. The molecule has 1 aliphatic heterocycles. The highest BCUT2D eigenvalue weighted by Crippen LogP contribution is 2.40. The summed E-state index contributed by atoms with van der Waals surface area (Å²) in [7, 11) is 0. The summed E-state index contributed by atoms with van der Waals surface area (Å²) in [6, 6.07) is 17.5. The average molecular weight is 635 g/mol. The molecular weight excluding hydrogens is 600 g/mol. The molecule has 1 aliphatic carbocycles. The summed E-state index contributed by atoms with van der Waals surface area (Å²) in [4.78, 5) is 58.2. The van der Waals surface area contributed by atoms with E-state index in [1.54, 1.807) is 23.1 Å². The maximum absolute atomic E-state index is 13.9. The molecule has 2 N–H and O–H groups in total. The Morgan fingerprint density at radius 2 is 1.60 bits per heavy atom. The predicted octanol–water partition coefficient (Wildman–Crippen LogP) is 6.53. The molecule has 11 nitrogen and oxygen atoms in total. The number of nitrogens with one attached hydrogen (secondary N) is 2. The minimum atomic E-state index is -0.556. The van der Waals surface area contributed by atoms with Crippen LogP contribution >= 0.6 is 0 Å². The monoisotopic (exact) mass is 634 g/mol. The number of benzene rings is 3. The van der Waals surface area contributed by atoms with Gasteiger partial charge >= 0.3 is 11.9 Å². The van der Waals surface area contributed by atoms with Crippen LogP contribution in [-0.2, 0) is 33.5 Å². The van der Waals surface area contributed by atoms with Crippen LogP contribution in [0.25, 0.3) is 21.8 Å². The Morgan fingerprint density at radius 1 is 0.915 bits per heavy atom. The van der Waals surface area contributed by atoms with Crippen LogP contribution in [0.2, 0.25) is 0 Å². The van der Waals surface area contributed by atoms with Gasteiger partial charge in [0.05, 0.1) is 17.4 Å². The molecular formula is C36H34N4O7. The van der Waals surface area contributed by atoms with Crippen molar-refractivity contribution in [2.75, 3.05) is 18.1 Å². The fraction of sp³-hybridized carbons (Fsp3) is 0.306. The second-order valence-corrected chi connectivity index (χ2v) is 13.1. The molecule has 240 valence electrons. The van der Waals surface area contributed by atoms with Gasteiger partial charge in [0.15, 0.2) is 0 Å². The number of ether oxygens (including phenoxy) is 2. The topological polar surface area (TPSA) is 148 Å². The number of anilines is 1. The smallest absolute Gasteiger partial charge is 0.354 e.